The van der Waals surface area contributed by atoms with Crippen molar-refractivity contribution in [2.24, 2.45) is 7.05 Å². The molecular formula is C22H27ClN2O2S2. The van der Waals surface area contributed by atoms with Crippen LogP contribution in [0.2, 0.25) is 0 Å². The van der Waals surface area contributed by atoms with Gasteiger partial charge in [0.05, 0.1) is 19.9 Å². The van der Waals surface area contributed by atoms with Crippen molar-refractivity contribution < 1.29 is 9.47 Å². The minimum atomic E-state index is 0. The van der Waals surface area contributed by atoms with E-state index in [1.807, 2.05) is 18.2 Å². The number of halogens is 1. The number of hydrogen-bond donors (Lipinski definition) is 1. The number of thiazole rings is 1. The Morgan fingerprint density at radius 3 is 2.34 bits per heavy atom. The normalized spacial score (nSPS) is 10.4. The van der Waals surface area contributed by atoms with Gasteiger partial charge in [-0.25, -0.2) is 0 Å². The van der Waals surface area contributed by atoms with Gasteiger partial charge < -0.3 is 19.4 Å². The monoisotopic (exact) mass is 450 g/mol. The molecule has 7 heteroatoms. The first-order valence-corrected chi connectivity index (χ1v) is 10.5. The van der Waals surface area contributed by atoms with E-state index in [2.05, 4.69) is 47.3 Å². The molecule has 0 saturated carbocycles. The second-order valence-corrected chi connectivity index (χ2v) is 8.23. The summed E-state index contributed by atoms with van der Waals surface area (Å²) in [4.78, 5) is 1.33. The smallest absolute Gasteiger partial charge is 0.161 e. The molecule has 156 valence electrons. The molecule has 0 aliphatic rings. The van der Waals surface area contributed by atoms with Gasteiger partial charge in [0.2, 0.25) is 0 Å². The van der Waals surface area contributed by atoms with Crippen LogP contribution < -0.4 is 14.8 Å². The number of ether oxygens (including phenoxy) is 2. The molecule has 0 atom stereocenters. The summed E-state index contributed by atoms with van der Waals surface area (Å²) in [6.07, 6.45) is 1.90. The van der Waals surface area contributed by atoms with Crippen LogP contribution in [0.5, 0.6) is 11.5 Å². The van der Waals surface area contributed by atoms with Crippen LogP contribution in [0.25, 0.3) is 11.3 Å². The predicted molar refractivity (Wildman–Crippen MR) is 127 cm³/mol. The summed E-state index contributed by atoms with van der Waals surface area (Å²) in [6.45, 7) is 1.83. The van der Waals surface area contributed by atoms with Crippen LogP contribution in [0.1, 0.15) is 10.4 Å². The molecule has 0 unspecified atom stereocenters. The molecule has 1 heterocycles. The molecule has 0 fully saturated rings. The molecule has 3 aromatic rings. The van der Waals surface area contributed by atoms with Crippen LogP contribution in [-0.4, -0.2) is 31.9 Å². The Kier molecular flexibility index (Phi) is 9.17. The molecule has 2 aromatic carbocycles. The number of rotatable bonds is 9. The van der Waals surface area contributed by atoms with Gasteiger partial charge in [-0.2, -0.15) is 0 Å². The quantitative estimate of drug-likeness (QED) is 0.354. The first-order valence-electron chi connectivity index (χ1n) is 9.29. The van der Waals surface area contributed by atoms with Gasteiger partial charge >= 0.3 is 0 Å². The average molecular weight is 451 g/mol. The first kappa shape index (κ1) is 23.4. The fraction of sp³-hybridized carbons (Fsp3) is 0.318. The maximum atomic E-state index is 5.51. The lowest BCUT2D eigenvalue weighted by molar-refractivity contribution is 0.354. The van der Waals surface area contributed by atoms with Crippen molar-refractivity contribution in [3.8, 4) is 22.8 Å². The molecule has 1 aromatic heterocycles. The maximum Gasteiger partial charge on any atom is 0.161 e. The number of nitrogens with one attached hydrogen (secondary N) is 1. The fourth-order valence-electron chi connectivity index (χ4n) is 3.22. The van der Waals surface area contributed by atoms with E-state index in [0.717, 1.165) is 41.4 Å². The lowest BCUT2D eigenvalue weighted by Gasteiger charge is -2.10. The Morgan fingerprint density at radius 2 is 1.66 bits per heavy atom. The van der Waals surface area contributed by atoms with Crippen molar-refractivity contribution >= 4 is 36.0 Å². The largest absolute Gasteiger partial charge is 0.493 e. The van der Waals surface area contributed by atoms with Crippen molar-refractivity contribution in [2.75, 3.05) is 27.3 Å². The molecule has 29 heavy (non-hydrogen) atoms. The lowest BCUT2D eigenvalue weighted by atomic mass is 10.1. The van der Waals surface area contributed by atoms with Gasteiger partial charge in [-0.15, -0.1) is 23.7 Å². The van der Waals surface area contributed by atoms with Crippen molar-refractivity contribution in [2.45, 2.75) is 12.8 Å². The van der Waals surface area contributed by atoms with Crippen molar-refractivity contribution in [1.82, 2.24) is 9.88 Å². The average Bonchev–Trinajstić information content (AvgIpc) is 3.01. The van der Waals surface area contributed by atoms with Gasteiger partial charge in [-0.3, -0.25) is 0 Å². The summed E-state index contributed by atoms with van der Waals surface area (Å²) in [6, 6.07) is 16.5. The van der Waals surface area contributed by atoms with E-state index in [4.69, 9.17) is 21.7 Å². The number of methoxy groups -OCH3 is 2. The van der Waals surface area contributed by atoms with Gasteiger partial charge in [0, 0.05) is 18.5 Å². The van der Waals surface area contributed by atoms with Crippen molar-refractivity contribution in [1.29, 1.82) is 0 Å². The van der Waals surface area contributed by atoms with E-state index in [-0.39, 0.29) is 12.4 Å². The lowest BCUT2D eigenvalue weighted by Crippen LogP contribution is -2.20. The Hall–Kier alpha value is -1.86. The highest BCUT2D eigenvalue weighted by molar-refractivity contribution is 7.73. The summed E-state index contributed by atoms with van der Waals surface area (Å²) in [5, 5.41) is 3.55. The Balaban J connectivity index is 0.00000300. The van der Waals surface area contributed by atoms with E-state index in [1.165, 1.54) is 21.7 Å². The molecule has 0 radical (unpaired) electrons. The fourth-order valence-corrected chi connectivity index (χ4v) is 4.60. The molecule has 1 N–H and O–H groups in total. The number of benzene rings is 2. The van der Waals surface area contributed by atoms with Crippen molar-refractivity contribution in [3.05, 3.63) is 62.9 Å². The molecule has 4 nitrogen and oxygen atoms in total. The van der Waals surface area contributed by atoms with Crippen LogP contribution in [0.3, 0.4) is 0 Å². The van der Waals surface area contributed by atoms with E-state index in [1.54, 1.807) is 25.6 Å². The molecule has 0 aliphatic carbocycles. The second-order valence-electron chi connectivity index (χ2n) is 6.50. The molecule has 0 amide bonds. The first-order chi connectivity index (χ1) is 13.6. The summed E-state index contributed by atoms with van der Waals surface area (Å²) in [7, 11) is 5.37. The number of nitrogens with zero attached hydrogens (tertiary/aromatic N) is 1. The van der Waals surface area contributed by atoms with Gasteiger partial charge in [0.15, 0.2) is 15.5 Å². The van der Waals surface area contributed by atoms with Crippen LogP contribution in [0.15, 0.2) is 48.5 Å². The topological polar surface area (TPSA) is 35.4 Å². The summed E-state index contributed by atoms with van der Waals surface area (Å²) < 4.78 is 13.7. The highest BCUT2D eigenvalue weighted by Gasteiger charge is 2.12. The number of hydrogen-bond acceptors (Lipinski definition) is 5. The zero-order chi connectivity index (χ0) is 19.9. The second kappa shape index (κ2) is 11.4. The number of aromatic nitrogens is 1. The standard InChI is InChI=1S/C22H26N2O2S2.ClH/c1-24-21(17-7-5-4-6-8-17)20(28-22(24)27)12-14-23-13-11-16-9-10-18(25-2)19(15-16)26-3;/h4-10,15,23H,11-14H2,1-3H3;1H. The van der Waals surface area contributed by atoms with Gasteiger partial charge in [-0.05, 0) is 54.9 Å². The molecule has 0 spiro atoms. The molecule has 0 aliphatic heterocycles. The Labute approximate surface area is 187 Å². The molecule has 0 bridgehead atoms. The molecule has 3 rings (SSSR count). The van der Waals surface area contributed by atoms with Gasteiger partial charge in [0.25, 0.3) is 0 Å². The third-order valence-corrected chi connectivity index (χ3v) is 6.31. The maximum absolute atomic E-state index is 5.51. The Bertz CT molecular complexity index is 971. The van der Waals surface area contributed by atoms with E-state index >= 15 is 0 Å². The molecular weight excluding hydrogens is 424 g/mol. The van der Waals surface area contributed by atoms with Crippen LogP contribution in [0, 0.1) is 3.95 Å². The predicted octanol–water partition coefficient (Wildman–Crippen LogP) is 5.30. The van der Waals surface area contributed by atoms with Crippen LogP contribution >= 0.6 is 36.0 Å². The third-order valence-electron chi connectivity index (χ3n) is 4.70. The van der Waals surface area contributed by atoms with Crippen molar-refractivity contribution in [3.63, 3.8) is 0 Å². The summed E-state index contributed by atoms with van der Waals surface area (Å²) in [5.74, 6) is 1.54. The Morgan fingerprint density at radius 1 is 0.966 bits per heavy atom. The third kappa shape index (κ3) is 5.82. The highest BCUT2D eigenvalue weighted by atomic mass is 35.5. The van der Waals surface area contributed by atoms with E-state index in [0.29, 0.717) is 0 Å². The minimum absolute atomic E-state index is 0. The van der Waals surface area contributed by atoms with Gasteiger partial charge in [-0.1, -0.05) is 36.4 Å². The summed E-state index contributed by atoms with van der Waals surface area (Å²) in [5.41, 5.74) is 3.68. The van der Waals surface area contributed by atoms with E-state index in [9.17, 15) is 0 Å². The summed E-state index contributed by atoms with van der Waals surface area (Å²) >= 11 is 7.22. The van der Waals surface area contributed by atoms with E-state index < -0.39 is 0 Å². The zero-order valence-electron chi connectivity index (χ0n) is 16.9. The SMILES string of the molecule is COc1ccc(CCNCCc2sc(=S)n(C)c2-c2ccccc2)cc1OC.Cl. The van der Waals surface area contributed by atoms with Gasteiger partial charge in [0.1, 0.15) is 0 Å². The minimum Gasteiger partial charge on any atom is -0.493 e. The van der Waals surface area contributed by atoms with Crippen LogP contribution in [-0.2, 0) is 19.9 Å². The van der Waals surface area contributed by atoms with Crippen LogP contribution in [0.4, 0.5) is 0 Å². The molecule has 0 saturated heterocycles. The zero-order valence-corrected chi connectivity index (χ0v) is 19.4. The highest BCUT2D eigenvalue weighted by Crippen LogP contribution is 2.29.